The number of hydrogen-bond acceptors (Lipinski definition) is 17. The summed E-state index contributed by atoms with van der Waals surface area (Å²) in [5.41, 5.74) is -8.61. The molecule has 0 bridgehead atoms. The molecular weight excluding hydrogens is 776 g/mol. The molecule has 2 aliphatic carbocycles. The van der Waals surface area contributed by atoms with Crippen molar-refractivity contribution in [2.75, 3.05) is 0 Å². The molecule has 0 N–H and O–H groups in total. The van der Waals surface area contributed by atoms with Gasteiger partial charge in [0.2, 0.25) is 0 Å². The standard InChI is InChI=1S/C42H52O17/c1-11-29(48)55-37-32(52-23(3)43)36(54-25(5)45)39(8,9)19-17-22(2)33(50)42(58-27(7)47)21-40(10,57-26(6)46)34(53-24(4)44)31(42)35-41(37,20-18-30(49)56-35)59-38(51)28-15-13-12-14-16-28/h12-17,19,22,31-32,34-37H,11,18,20-21H2,1-10H3/t22-,31+,32-,34+,35+,36+,37+,40+,41-,42+/m1/s1. The van der Waals surface area contributed by atoms with Crippen molar-refractivity contribution in [3.8, 4) is 0 Å². The van der Waals surface area contributed by atoms with Gasteiger partial charge in [-0.15, -0.1) is 0 Å². The fraction of sp³-hybridized carbons (Fsp3) is 0.595. The first-order valence-electron chi connectivity index (χ1n) is 19.2. The third kappa shape index (κ3) is 9.65. The fourth-order valence-corrected chi connectivity index (χ4v) is 8.55. The normalized spacial score (nSPS) is 32.5. The second kappa shape index (κ2) is 17.7. The lowest BCUT2D eigenvalue weighted by Crippen LogP contribution is -2.72. The molecule has 0 aromatic heterocycles. The van der Waals surface area contributed by atoms with Crippen LogP contribution in [0.15, 0.2) is 42.5 Å². The number of ketones is 1. The first-order valence-corrected chi connectivity index (χ1v) is 19.2. The van der Waals surface area contributed by atoms with E-state index in [1.54, 1.807) is 19.9 Å². The van der Waals surface area contributed by atoms with Gasteiger partial charge in [0.1, 0.15) is 0 Å². The van der Waals surface area contributed by atoms with Crippen molar-refractivity contribution in [3.63, 3.8) is 0 Å². The molecule has 17 nitrogen and oxygen atoms in total. The SMILES string of the molecule is CCC(=O)O[C@H]1[C@H](OC(C)=O)[C@H](OC(C)=O)C(C)(C)C=C[C@@H](C)C(=O)[C@]2(OC(C)=O)C[C@](C)(OC(C)=O)[C@@H](OC(C)=O)[C@H]2[C@@H]2OC(=O)CC[C@]12OC(=O)c1ccccc1. The van der Waals surface area contributed by atoms with E-state index in [2.05, 4.69) is 0 Å². The number of fused-ring (bicyclic) bond motifs is 3. The van der Waals surface area contributed by atoms with E-state index in [9.17, 15) is 38.4 Å². The summed E-state index contributed by atoms with van der Waals surface area (Å²) in [6.07, 6.45) is -8.71. The molecule has 0 amide bonds. The van der Waals surface area contributed by atoms with Crippen molar-refractivity contribution < 1.29 is 81.0 Å². The summed E-state index contributed by atoms with van der Waals surface area (Å²) in [6.45, 7) is 12.6. The zero-order valence-corrected chi connectivity index (χ0v) is 34.9. The van der Waals surface area contributed by atoms with E-state index in [0.717, 1.165) is 34.6 Å². The highest BCUT2D eigenvalue weighted by Gasteiger charge is 2.76. The highest BCUT2D eigenvalue weighted by atomic mass is 16.7. The molecule has 1 aliphatic heterocycles. The third-order valence-corrected chi connectivity index (χ3v) is 10.8. The zero-order valence-electron chi connectivity index (χ0n) is 34.9. The summed E-state index contributed by atoms with van der Waals surface area (Å²) in [5, 5.41) is 0. The highest BCUT2D eigenvalue weighted by Crippen LogP contribution is 2.57. The van der Waals surface area contributed by atoms with Crippen molar-refractivity contribution >= 4 is 53.5 Å². The van der Waals surface area contributed by atoms with Gasteiger partial charge in [0.05, 0.1) is 11.5 Å². The largest absolute Gasteiger partial charge is 0.458 e. The molecule has 17 heteroatoms. The van der Waals surface area contributed by atoms with Gasteiger partial charge in [-0.3, -0.25) is 38.4 Å². The number of allylic oxidation sites excluding steroid dienone is 1. The molecule has 3 aliphatic rings. The highest BCUT2D eigenvalue weighted by molar-refractivity contribution is 5.94. The molecule has 1 saturated heterocycles. The average molecular weight is 829 g/mol. The van der Waals surface area contributed by atoms with Crippen molar-refractivity contribution in [1.82, 2.24) is 0 Å². The van der Waals surface area contributed by atoms with Gasteiger partial charge < -0.3 is 37.9 Å². The lowest BCUT2D eigenvalue weighted by Gasteiger charge is -2.53. The van der Waals surface area contributed by atoms with E-state index in [1.165, 1.54) is 57.2 Å². The number of rotatable bonds is 9. The maximum absolute atomic E-state index is 15.3. The monoisotopic (exact) mass is 828 g/mol. The summed E-state index contributed by atoms with van der Waals surface area (Å²) in [7, 11) is 0. The van der Waals surface area contributed by atoms with Gasteiger partial charge >= 0.3 is 47.8 Å². The van der Waals surface area contributed by atoms with Crippen LogP contribution in [0.2, 0.25) is 0 Å². The Bertz CT molecular complexity index is 1880. The second-order valence-corrected chi connectivity index (χ2v) is 15.9. The van der Waals surface area contributed by atoms with Gasteiger partial charge in [-0.25, -0.2) is 4.79 Å². The predicted molar refractivity (Wildman–Crippen MR) is 200 cm³/mol. The van der Waals surface area contributed by atoms with Gasteiger partial charge in [-0.2, -0.15) is 0 Å². The van der Waals surface area contributed by atoms with Gasteiger partial charge in [-0.1, -0.05) is 58.0 Å². The zero-order chi connectivity index (χ0) is 44.2. The quantitative estimate of drug-likeness (QED) is 0.196. The Hall–Kier alpha value is -5.61. The Morgan fingerprint density at radius 2 is 1.31 bits per heavy atom. The van der Waals surface area contributed by atoms with Crippen LogP contribution < -0.4 is 0 Å². The van der Waals surface area contributed by atoms with Crippen LogP contribution in [-0.2, 0) is 76.3 Å². The molecule has 0 unspecified atom stereocenters. The molecule has 0 radical (unpaired) electrons. The van der Waals surface area contributed by atoms with Crippen LogP contribution >= 0.6 is 0 Å². The van der Waals surface area contributed by atoms with Crippen LogP contribution in [0.5, 0.6) is 0 Å². The van der Waals surface area contributed by atoms with Gasteiger partial charge in [-0.05, 0) is 19.1 Å². The first-order chi connectivity index (χ1) is 27.4. The molecule has 2 fully saturated rings. The van der Waals surface area contributed by atoms with Crippen LogP contribution in [0, 0.1) is 17.3 Å². The minimum Gasteiger partial charge on any atom is -0.458 e. The smallest absolute Gasteiger partial charge is 0.338 e. The average Bonchev–Trinajstić information content (AvgIpc) is 3.36. The Morgan fingerprint density at radius 3 is 1.85 bits per heavy atom. The molecule has 1 saturated carbocycles. The fourth-order valence-electron chi connectivity index (χ4n) is 8.55. The number of ether oxygens (including phenoxy) is 8. The van der Waals surface area contributed by atoms with Crippen LogP contribution in [-0.4, -0.2) is 101 Å². The van der Waals surface area contributed by atoms with E-state index in [4.69, 9.17) is 37.9 Å². The van der Waals surface area contributed by atoms with E-state index >= 15 is 4.79 Å². The van der Waals surface area contributed by atoms with E-state index < -0.39 is 137 Å². The number of benzene rings is 1. The van der Waals surface area contributed by atoms with Crippen LogP contribution in [0.3, 0.4) is 0 Å². The Morgan fingerprint density at radius 1 is 0.729 bits per heavy atom. The Kier molecular flexibility index (Phi) is 13.8. The Balaban J connectivity index is 2.33. The molecule has 1 heterocycles. The molecule has 0 spiro atoms. The molecule has 10 atom stereocenters. The number of hydrogen-bond donors (Lipinski definition) is 0. The van der Waals surface area contributed by atoms with Crippen molar-refractivity contribution in [1.29, 1.82) is 0 Å². The predicted octanol–water partition coefficient (Wildman–Crippen LogP) is 3.85. The number of carbonyl (C=O) groups is 9. The van der Waals surface area contributed by atoms with Gasteiger partial charge in [0.25, 0.3) is 0 Å². The molecule has 59 heavy (non-hydrogen) atoms. The molecule has 1 aromatic rings. The van der Waals surface area contributed by atoms with E-state index in [0.29, 0.717) is 0 Å². The minimum atomic E-state index is -2.58. The topological polar surface area (TPSA) is 227 Å². The summed E-state index contributed by atoms with van der Waals surface area (Å²) in [6, 6.07) is 7.47. The summed E-state index contributed by atoms with van der Waals surface area (Å²) in [5.74, 6) is -11.7. The van der Waals surface area contributed by atoms with Crippen molar-refractivity contribution in [2.45, 2.75) is 142 Å². The third-order valence-electron chi connectivity index (χ3n) is 10.8. The van der Waals surface area contributed by atoms with E-state index in [1.807, 2.05) is 0 Å². The maximum Gasteiger partial charge on any atom is 0.338 e. The van der Waals surface area contributed by atoms with Crippen LogP contribution in [0.25, 0.3) is 0 Å². The molecular formula is C42H52O17. The summed E-state index contributed by atoms with van der Waals surface area (Å²) < 4.78 is 48.4. The maximum atomic E-state index is 15.3. The summed E-state index contributed by atoms with van der Waals surface area (Å²) >= 11 is 0. The molecule has 4 rings (SSSR count). The van der Waals surface area contributed by atoms with Crippen molar-refractivity contribution in [3.05, 3.63) is 48.0 Å². The number of esters is 8. The Labute approximate surface area is 341 Å². The van der Waals surface area contributed by atoms with E-state index in [-0.39, 0.29) is 12.0 Å². The lowest BCUT2D eigenvalue weighted by molar-refractivity contribution is -0.265. The number of Topliss-reactive ketones (excluding diaryl/α,β-unsaturated/α-hetero) is 1. The van der Waals surface area contributed by atoms with Crippen LogP contribution in [0.4, 0.5) is 0 Å². The van der Waals surface area contributed by atoms with Crippen molar-refractivity contribution in [2.24, 2.45) is 17.3 Å². The van der Waals surface area contributed by atoms with Crippen LogP contribution in [0.1, 0.15) is 105 Å². The first kappa shape index (κ1) is 46.1. The number of carbonyl (C=O) groups excluding carboxylic acids is 9. The molecule has 1 aromatic carbocycles. The van der Waals surface area contributed by atoms with Gasteiger partial charge in [0.15, 0.2) is 53.1 Å². The summed E-state index contributed by atoms with van der Waals surface area (Å²) in [4.78, 5) is 123. The second-order valence-electron chi connectivity index (χ2n) is 15.9. The lowest BCUT2D eigenvalue weighted by atomic mass is 9.66. The minimum absolute atomic E-state index is 0.0586. The van der Waals surface area contributed by atoms with Gasteiger partial charge in [0, 0.05) is 71.6 Å². The molecule has 322 valence electrons.